The number of benzene rings is 1. The molecular weight excluding hydrogens is 242 g/mol. The van der Waals surface area contributed by atoms with Crippen LogP contribution in [0, 0.1) is 5.92 Å². The summed E-state index contributed by atoms with van der Waals surface area (Å²) < 4.78 is 5.28. The molecule has 0 aliphatic rings. The van der Waals surface area contributed by atoms with Crippen molar-refractivity contribution in [2.75, 3.05) is 32.7 Å². The zero-order valence-corrected chi connectivity index (χ0v) is 12.6. The number of hydrogen-bond donors (Lipinski definition) is 1. The summed E-state index contributed by atoms with van der Waals surface area (Å²) in [6.07, 6.45) is 5.90. The van der Waals surface area contributed by atoms with Gasteiger partial charge in [0.15, 0.2) is 0 Å². The maximum absolute atomic E-state index is 5.28. The third kappa shape index (κ3) is 5.78. The lowest BCUT2D eigenvalue weighted by molar-refractivity contribution is 0.412. The third-order valence-corrected chi connectivity index (χ3v) is 3.81. The molecule has 102 valence electrons. The van der Waals surface area contributed by atoms with Crippen LogP contribution in [-0.2, 0) is 6.42 Å². The smallest absolute Gasteiger partial charge is 0.119 e. The standard InChI is InChI=1S/C15H25NOS/c1-16-12-14(7-5-9-18-3)10-13-6-4-8-15(11-13)17-2/h4,6,8,11,14,16H,5,7,9-10,12H2,1-3H3. The van der Waals surface area contributed by atoms with E-state index in [1.165, 1.54) is 24.2 Å². The average molecular weight is 267 g/mol. The first-order chi connectivity index (χ1) is 8.80. The predicted octanol–water partition coefficient (Wildman–Crippen LogP) is 3.22. The number of ether oxygens (including phenoxy) is 1. The van der Waals surface area contributed by atoms with Crippen molar-refractivity contribution >= 4 is 11.8 Å². The minimum absolute atomic E-state index is 0.717. The van der Waals surface area contributed by atoms with Crippen molar-refractivity contribution in [1.82, 2.24) is 5.32 Å². The molecule has 0 aliphatic heterocycles. The molecule has 18 heavy (non-hydrogen) atoms. The summed E-state index contributed by atoms with van der Waals surface area (Å²) >= 11 is 1.93. The van der Waals surface area contributed by atoms with Crippen LogP contribution in [0.1, 0.15) is 18.4 Å². The minimum Gasteiger partial charge on any atom is -0.497 e. The van der Waals surface area contributed by atoms with E-state index in [1.54, 1.807) is 7.11 Å². The molecule has 1 N–H and O–H groups in total. The Morgan fingerprint density at radius 1 is 1.39 bits per heavy atom. The molecule has 1 unspecified atom stereocenters. The average Bonchev–Trinajstić information content (AvgIpc) is 2.39. The molecule has 0 radical (unpaired) electrons. The van der Waals surface area contributed by atoms with Gasteiger partial charge in [-0.1, -0.05) is 12.1 Å². The van der Waals surface area contributed by atoms with E-state index in [9.17, 15) is 0 Å². The van der Waals surface area contributed by atoms with Gasteiger partial charge >= 0.3 is 0 Å². The largest absolute Gasteiger partial charge is 0.497 e. The van der Waals surface area contributed by atoms with Crippen LogP contribution in [0.15, 0.2) is 24.3 Å². The first kappa shape index (κ1) is 15.4. The Balaban J connectivity index is 2.52. The van der Waals surface area contributed by atoms with E-state index in [0.29, 0.717) is 5.92 Å². The number of hydrogen-bond acceptors (Lipinski definition) is 3. The summed E-state index contributed by atoms with van der Waals surface area (Å²) in [6, 6.07) is 8.42. The van der Waals surface area contributed by atoms with Crippen LogP contribution in [0.3, 0.4) is 0 Å². The molecule has 0 aliphatic carbocycles. The van der Waals surface area contributed by atoms with Crippen molar-refractivity contribution in [1.29, 1.82) is 0 Å². The zero-order chi connectivity index (χ0) is 13.2. The first-order valence-corrected chi connectivity index (χ1v) is 7.96. The second kappa shape index (κ2) is 9.29. The summed E-state index contributed by atoms with van der Waals surface area (Å²) in [5, 5.41) is 3.31. The molecule has 1 atom stereocenters. The Hall–Kier alpha value is -0.670. The highest BCUT2D eigenvalue weighted by Crippen LogP contribution is 2.19. The van der Waals surface area contributed by atoms with E-state index >= 15 is 0 Å². The highest BCUT2D eigenvalue weighted by molar-refractivity contribution is 7.98. The molecule has 0 spiro atoms. The van der Waals surface area contributed by atoms with Crippen LogP contribution < -0.4 is 10.1 Å². The van der Waals surface area contributed by atoms with Crippen LogP contribution in [0.2, 0.25) is 0 Å². The normalized spacial score (nSPS) is 12.4. The second-order valence-electron chi connectivity index (χ2n) is 4.61. The molecular formula is C15H25NOS. The van der Waals surface area contributed by atoms with Crippen molar-refractivity contribution in [2.45, 2.75) is 19.3 Å². The molecule has 0 saturated heterocycles. The van der Waals surface area contributed by atoms with E-state index in [4.69, 9.17) is 4.74 Å². The maximum atomic E-state index is 5.28. The van der Waals surface area contributed by atoms with Crippen LogP contribution in [0.25, 0.3) is 0 Å². The number of thioether (sulfide) groups is 1. The minimum atomic E-state index is 0.717. The lowest BCUT2D eigenvalue weighted by atomic mass is 9.95. The van der Waals surface area contributed by atoms with Crippen molar-refractivity contribution < 1.29 is 4.74 Å². The molecule has 0 heterocycles. The van der Waals surface area contributed by atoms with Crippen molar-refractivity contribution in [3.8, 4) is 5.75 Å². The Kier molecular flexibility index (Phi) is 7.94. The Labute approximate surface area is 116 Å². The van der Waals surface area contributed by atoms with Crippen molar-refractivity contribution in [3.05, 3.63) is 29.8 Å². The second-order valence-corrected chi connectivity index (χ2v) is 5.60. The van der Waals surface area contributed by atoms with Gasteiger partial charge in [0.25, 0.3) is 0 Å². The van der Waals surface area contributed by atoms with Crippen LogP contribution in [0.4, 0.5) is 0 Å². The molecule has 1 aromatic rings. The molecule has 0 amide bonds. The number of methoxy groups -OCH3 is 1. The SMILES string of the molecule is CNCC(CCCSC)Cc1cccc(OC)c1. The molecule has 1 rings (SSSR count). The van der Waals surface area contributed by atoms with Crippen LogP contribution in [0.5, 0.6) is 5.75 Å². The lowest BCUT2D eigenvalue weighted by Crippen LogP contribution is -2.21. The Bertz CT molecular complexity index is 330. The van der Waals surface area contributed by atoms with E-state index in [1.807, 2.05) is 24.9 Å². The topological polar surface area (TPSA) is 21.3 Å². The summed E-state index contributed by atoms with van der Waals surface area (Å²) in [5.74, 6) is 2.94. The van der Waals surface area contributed by atoms with Gasteiger partial charge in [-0.2, -0.15) is 11.8 Å². The summed E-state index contributed by atoms with van der Waals surface area (Å²) in [4.78, 5) is 0. The molecule has 2 nitrogen and oxygen atoms in total. The molecule has 0 fully saturated rings. The van der Waals surface area contributed by atoms with Gasteiger partial charge in [0, 0.05) is 0 Å². The molecule has 0 saturated carbocycles. The Morgan fingerprint density at radius 2 is 2.22 bits per heavy atom. The molecule has 0 aromatic heterocycles. The summed E-state index contributed by atoms with van der Waals surface area (Å²) in [7, 11) is 3.76. The molecule has 0 bridgehead atoms. The number of nitrogens with one attached hydrogen (secondary N) is 1. The number of rotatable bonds is 9. The first-order valence-electron chi connectivity index (χ1n) is 6.56. The maximum Gasteiger partial charge on any atom is 0.119 e. The van der Waals surface area contributed by atoms with Crippen LogP contribution >= 0.6 is 11.8 Å². The van der Waals surface area contributed by atoms with E-state index in [0.717, 1.165) is 18.7 Å². The quantitative estimate of drug-likeness (QED) is 0.694. The van der Waals surface area contributed by atoms with Gasteiger partial charge in [-0.15, -0.1) is 0 Å². The van der Waals surface area contributed by atoms with Gasteiger partial charge in [0.2, 0.25) is 0 Å². The Morgan fingerprint density at radius 3 is 2.89 bits per heavy atom. The van der Waals surface area contributed by atoms with Gasteiger partial charge in [-0.25, -0.2) is 0 Å². The van der Waals surface area contributed by atoms with Gasteiger partial charge in [-0.05, 0) is 68.5 Å². The summed E-state index contributed by atoms with van der Waals surface area (Å²) in [6.45, 7) is 1.09. The zero-order valence-electron chi connectivity index (χ0n) is 11.7. The van der Waals surface area contributed by atoms with Gasteiger partial charge in [0.05, 0.1) is 7.11 Å². The lowest BCUT2D eigenvalue weighted by Gasteiger charge is -2.16. The molecule has 1 aromatic carbocycles. The van der Waals surface area contributed by atoms with Gasteiger partial charge < -0.3 is 10.1 Å². The predicted molar refractivity (Wildman–Crippen MR) is 81.7 cm³/mol. The van der Waals surface area contributed by atoms with Crippen molar-refractivity contribution in [2.24, 2.45) is 5.92 Å². The van der Waals surface area contributed by atoms with Crippen LogP contribution in [-0.4, -0.2) is 32.7 Å². The monoisotopic (exact) mass is 267 g/mol. The van der Waals surface area contributed by atoms with E-state index in [2.05, 4.69) is 29.8 Å². The summed E-state index contributed by atoms with van der Waals surface area (Å²) in [5.41, 5.74) is 1.37. The van der Waals surface area contributed by atoms with Crippen molar-refractivity contribution in [3.63, 3.8) is 0 Å². The van der Waals surface area contributed by atoms with Gasteiger partial charge in [0.1, 0.15) is 5.75 Å². The highest BCUT2D eigenvalue weighted by atomic mass is 32.2. The highest BCUT2D eigenvalue weighted by Gasteiger charge is 2.09. The molecule has 3 heteroatoms. The fraction of sp³-hybridized carbons (Fsp3) is 0.600. The van der Waals surface area contributed by atoms with Gasteiger partial charge in [-0.3, -0.25) is 0 Å². The fourth-order valence-corrected chi connectivity index (χ4v) is 2.67. The third-order valence-electron chi connectivity index (χ3n) is 3.11. The van der Waals surface area contributed by atoms with E-state index in [-0.39, 0.29) is 0 Å². The van der Waals surface area contributed by atoms with E-state index < -0.39 is 0 Å². The fourth-order valence-electron chi connectivity index (χ4n) is 2.21.